The van der Waals surface area contributed by atoms with Crippen molar-refractivity contribution in [3.8, 4) is 0 Å². The van der Waals surface area contributed by atoms with E-state index >= 15 is 0 Å². The molecule has 2 rings (SSSR count). The van der Waals surface area contributed by atoms with Crippen LogP contribution in [0.5, 0.6) is 0 Å². The monoisotopic (exact) mass is 294 g/mol. The molecule has 20 heavy (non-hydrogen) atoms. The first-order valence-electron chi connectivity index (χ1n) is 7.88. The van der Waals surface area contributed by atoms with Crippen molar-refractivity contribution in [3.63, 3.8) is 0 Å². The van der Waals surface area contributed by atoms with Gasteiger partial charge in [0, 0.05) is 27.9 Å². The Hall–Kier alpha value is -0.380. The van der Waals surface area contributed by atoms with Gasteiger partial charge >= 0.3 is 0 Å². The van der Waals surface area contributed by atoms with Crippen LogP contribution in [0, 0.1) is 12.8 Å². The minimum Gasteiger partial charge on any atom is -0.312 e. The van der Waals surface area contributed by atoms with E-state index in [1.54, 1.807) is 0 Å². The highest BCUT2D eigenvalue weighted by Gasteiger charge is 2.27. The Kier molecular flexibility index (Phi) is 5.27. The van der Waals surface area contributed by atoms with Crippen molar-refractivity contribution in [1.82, 2.24) is 10.2 Å². The number of nitrogens with zero attached hydrogens (tertiary/aromatic N) is 1. The molecule has 1 fully saturated rings. The molecule has 0 aliphatic carbocycles. The SMILES string of the molecule is Cc1ccc(CC(C)N2CCC(CNC(C)(C)C)C2)s1. The maximum atomic E-state index is 3.65. The van der Waals surface area contributed by atoms with Crippen LogP contribution in [0.2, 0.25) is 0 Å². The van der Waals surface area contributed by atoms with Gasteiger partial charge in [-0.2, -0.15) is 0 Å². The van der Waals surface area contributed by atoms with Gasteiger partial charge in [0.25, 0.3) is 0 Å². The first kappa shape index (κ1) is 16.0. The zero-order chi connectivity index (χ0) is 14.8. The van der Waals surface area contributed by atoms with E-state index in [-0.39, 0.29) is 5.54 Å². The van der Waals surface area contributed by atoms with E-state index in [4.69, 9.17) is 0 Å². The Labute approximate surface area is 128 Å². The van der Waals surface area contributed by atoms with E-state index in [0.29, 0.717) is 6.04 Å². The third-order valence-corrected chi connectivity index (χ3v) is 5.18. The first-order valence-corrected chi connectivity index (χ1v) is 8.69. The van der Waals surface area contributed by atoms with Crippen molar-refractivity contribution >= 4 is 11.3 Å². The maximum absolute atomic E-state index is 3.65. The van der Waals surface area contributed by atoms with Crippen molar-refractivity contribution in [2.45, 2.75) is 59.0 Å². The van der Waals surface area contributed by atoms with E-state index in [9.17, 15) is 0 Å². The molecule has 1 aliphatic heterocycles. The summed E-state index contributed by atoms with van der Waals surface area (Å²) in [5.74, 6) is 0.821. The minimum absolute atomic E-state index is 0.244. The average molecular weight is 295 g/mol. The fraction of sp³-hybridized carbons (Fsp3) is 0.765. The van der Waals surface area contributed by atoms with Crippen molar-refractivity contribution in [2.24, 2.45) is 5.92 Å². The molecular weight excluding hydrogens is 264 g/mol. The molecule has 0 bridgehead atoms. The normalized spacial score (nSPS) is 22.4. The topological polar surface area (TPSA) is 15.3 Å². The second-order valence-corrected chi connectivity index (χ2v) is 8.72. The molecule has 1 saturated heterocycles. The molecule has 2 atom stereocenters. The lowest BCUT2D eigenvalue weighted by atomic mass is 10.1. The van der Waals surface area contributed by atoms with Crippen LogP contribution in [-0.4, -0.2) is 36.1 Å². The quantitative estimate of drug-likeness (QED) is 0.891. The molecule has 1 aromatic rings. The Morgan fingerprint density at radius 2 is 2.15 bits per heavy atom. The van der Waals surface area contributed by atoms with E-state index in [1.165, 1.54) is 35.7 Å². The van der Waals surface area contributed by atoms with Gasteiger partial charge in [-0.15, -0.1) is 11.3 Å². The molecule has 0 saturated carbocycles. The van der Waals surface area contributed by atoms with Crippen LogP contribution in [-0.2, 0) is 6.42 Å². The summed E-state index contributed by atoms with van der Waals surface area (Å²) in [7, 11) is 0. The average Bonchev–Trinajstić information content (AvgIpc) is 2.95. The smallest absolute Gasteiger partial charge is 0.0115 e. The summed E-state index contributed by atoms with van der Waals surface area (Å²) in [6, 6.07) is 5.21. The molecule has 0 aromatic carbocycles. The summed E-state index contributed by atoms with van der Waals surface area (Å²) >= 11 is 1.95. The van der Waals surface area contributed by atoms with Crippen molar-refractivity contribution in [1.29, 1.82) is 0 Å². The highest BCUT2D eigenvalue weighted by Crippen LogP contribution is 2.23. The molecule has 1 aliphatic rings. The molecule has 2 unspecified atom stereocenters. The Morgan fingerprint density at radius 3 is 2.75 bits per heavy atom. The van der Waals surface area contributed by atoms with Crippen LogP contribution in [0.15, 0.2) is 12.1 Å². The van der Waals surface area contributed by atoms with Gasteiger partial charge in [-0.3, -0.25) is 4.90 Å². The number of nitrogens with one attached hydrogen (secondary N) is 1. The zero-order valence-corrected chi connectivity index (χ0v) is 14.5. The fourth-order valence-electron chi connectivity index (χ4n) is 2.90. The van der Waals surface area contributed by atoms with Crippen LogP contribution < -0.4 is 5.32 Å². The molecule has 0 amide bonds. The Bertz CT molecular complexity index is 419. The summed E-state index contributed by atoms with van der Waals surface area (Å²) in [5.41, 5.74) is 0.244. The van der Waals surface area contributed by atoms with Crippen molar-refractivity contribution < 1.29 is 0 Å². The molecule has 3 heteroatoms. The Morgan fingerprint density at radius 1 is 1.40 bits per heavy atom. The molecule has 0 spiro atoms. The standard InChI is InChI=1S/C17H30N2S/c1-13(10-16-7-6-14(2)20-16)19-9-8-15(12-19)11-18-17(3,4)5/h6-7,13,15,18H,8-12H2,1-5H3. The number of thiophene rings is 1. The fourth-order valence-corrected chi connectivity index (χ4v) is 3.91. The number of likely N-dealkylation sites (tertiary alicyclic amines) is 1. The third kappa shape index (κ3) is 4.87. The van der Waals surface area contributed by atoms with Gasteiger partial charge < -0.3 is 5.32 Å². The molecule has 1 aromatic heterocycles. The zero-order valence-electron chi connectivity index (χ0n) is 13.7. The molecule has 2 nitrogen and oxygen atoms in total. The number of aryl methyl sites for hydroxylation is 1. The number of rotatable bonds is 5. The lowest BCUT2D eigenvalue weighted by Gasteiger charge is -2.26. The van der Waals surface area contributed by atoms with E-state index in [2.05, 4.69) is 57.0 Å². The Balaban J connectivity index is 1.77. The van der Waals surface area contributed by atoms with Crippen molar-refractivity contribution in [3.05, 3.63) is 21.9 Å². The summed E-state index contributed by atoms with van der Waals surface area (Å²) in [6.45, 7) is 15.0. The van der Waals surface area contributed by atoms with Gasteiger partial charge in [0.05, 0.1) is 0 Å². The van der Waals surface area contributed by atoms with E-state index in [1.807, 2.05) is 11.3 Å². The predicted molar refractivity (Wildman–Crippen MR) is 89.7 cm³/mol. The largest absolute Gasteiger partial charge is 0.312 e. The minimum atomic E-state index is 0.244. The summed E-state index contributed by atoms with van der Waals surface area (Å²) in [6.07, 6.45) is 2.55. The van der Waals surface area contributed by atoms with Crippen LogP contribution in [0.4, 0.5) is 0 Å². The van der Waals surface area contributed by atoms with Gasteiger partial charge in [-0.25, -0.2) is 0 Å². The van der Waals surface area contributed by atoms with Crippen LogP contribution >= 0.6 is 11.3 Å². The lowest BCUT2D eigenvalue weighted by molar-refractivity contribution is 0.245. The molecular formula is C17H30N2S. The lowest BCUT2D eigenvalue weighted by Crippen LogP contribution is -2.40. The highest BCUT2D eigenvalue weighted by molar-refractivity contribution is 7.11. The molecule has 0 radical (unpaired) electrons. The first-order chi connectivity index (χ1) is 9.33. The van der Waals surface area contributed by atoms with Gasteiger partial charge in [0.15, 0.2) is 0 Å². The van der Waals surface area contributed by atoms with Gasteiger partial charge in [-0.05, 0) is 78.6 Å². The second-order valence-electron chi connectivity index (χ2n) is 7.35. The van der Waals surface area contributed by atoms with Crippen LogP contribution in [0.3, 0.4) is 0 Å². The van der Waals surface area contributed by atoms with Gasteiger partial charge in [-0.1, -0.05) is 0 Å². The van der Waals surface area contributed by atoms with Crippen LogP contribution in [0.1, 0.15) is 43.9 Å². The van der Waals surface area contributed by atoms with Crippen LogP contribution in [0.25, 0.3) is 0 Å². The number of hydrogen-bond donors (Lipinski definition) is 1. The van der Waals surface area contributed by atoms with E-state index in [0.717, 1.165) is 12.5 Å². The third-order valence-electron chi connectivity index (χ3n) is 4.15. The highest BCUT2D eigenvalue weighted by atomic mass is 32.1. The summed E-state index contributed by atoms with van der Waals surface area (Å²) in [5, 5.41) is 3.65. The molecule has 114 valence electrons. The summed E-state index contributed by atoms with van der Waals surface area (Å²) in [4.78, 5) is 5.64. The van der Waals surface area contributed by atoms with E-state index < -0.39 is 0 Å². The number of hydrogen-bond acceptors (Lipinski definition) is 3. The second kappa shape index (κ2) is 6.59. The maximum Gasteiger partial charge on any atom is 0.0115 e. The predicted octanol–water partition coefficient (Wildman–Crippen LogP) is 3.70. The van der Waals surface area contributed by atoms with Gasteiger partial charge in [0.1, 0.15) is 0 Å². The summed E-state index contributed by atoms with van der Waals surface area (Å²) < 4.78 is 0. The van der Waals surface area contributed by atoms with Gasteiger partial charge in [0.2, 0.25) is 0 Å². The van der Waals surface area contributed by atoms with Crippen molar-refractivity contribution in [2.75, 3.05) is 19.6 Å². The molecule has 2 heterocycles. The molecule has 1 N–H and O–H groups in total.